The SMILES string of the molecule is Cn1c(=O)n(C2CCC(=O)NC2=O)c2ccc(N3CCC(C4CCN(C(=O)COc5ccc6cc(OCc7ccccc7)c(N7CC(=O)NS7(=O)=O)c(F)c6c5)CC4)CC3)cc21. The van der Waals surface area contributed by atoms with Gasteiger partial charge in [0.1, 0.15) is 36.4 Å². The Balaban J connectivity index is 0.804. The van der Waals surface area contributed by atoms with Crippen LogP contribution in [0.25, 0.3) is 21.8 Å². The van der Waals surface area contributed by atoms with Crippen LogP contribution in [0.4, 0.5) is 15.8 Å². The minimum Gasteiger partial charge on any atom is -0.487 e. The van der Waals surface area contributed by atoms with Crippen molar-refractivity contribution in [3.05, 3.63) is 94.7 Å². The lowest BCUT2D eigenvalue weighted by molar-refractivity contribution is -0.136. The van der Waals surface area contributed by atoms with Gasteiger partial charge in [0, 0.05) is 50.7 Å². The molecule has 4 fully saturated rings. The number of nitrogens with one attached hydrogen (secondary N) is 2. The number of carbonyl (C=O) groups is 4. The van der Waals surface area contributed by atoms with Crippen molar-refractivity contribution in [2.45, 2.75) is 51.2 Å². The molecule has 0 saturated carbocycles. The van der Waals surface area contributed by atoms with Crippen LogP contribution in [0.1, 0.15) is 50.1 Å². The first-order chi connectivity index (χ1) is 29.8. The van der Waals surface area contributed by atoms with Crippen LogP contribution in [0.2, 0.25) is 0 Å². The molecule has 1 unspecified atom stereocenters. The molecule has 0 spiro atoms. The van der Waals surface area contributed by atoms with Gasteiger partial charge < -0.3 is 19.3 Å². The van der Waals surface area contributed by atoms with Gasteiger partial charge in [-0.2, -0.15) is 8.42 Å². The fourth-order valence-electron chi connectivity index (χ4n) is 9.37. The first-order valence-corrected chi connectivity index (χ1v) is 22.2. The van der Waals surface area contributed by atoms with E-state index in [2.05, 4.69) is 10.2 Å². The number of imidazole rings is 1. The number of nitrogens with zero attached hydrogens (tertiary/aromatic N) is 5. The van der Waals surface area contributed by atoms with Crippen molar-refractivity contribution in [2.75, 3.05) is 48.5 Å². The van der Waals surface area contributed by atoms with E-state index in [1.165, 1.54) is 16.7 Å². The van der Waals surface area contributed by atoms with Crippen molar-refractivity contribution in [2.24, 2.45) is 18.9 Å². The number of hydrogen-bond donors (Lipinski definition) is 2. The molecule has 4 aliphatic rings. The second kappa shape index (κ2) is 16.4. The van der Waals surface area contributed by atoms with Crippen molar-refractivity contribution < 1.29 is 41.5 Å². The quantitative estimate of drug-likeness (QED) is 0.196. The third-order valence-electron chi connectivity index (χ3n) is 12.7. The summed E-state index contributed by atoms with van der Waals surface area (Å²) in [6, 6.07) is 20.4. The second-order valence-corrected chi connectivity index (χ2v) is 18.0. The molecule has 324 valence electrons. The Morgan fingerprint density at radius 1 is 0.823 bits per heavy atom. The maximum atomic E-state index is 16.4. The van der Waals surface area contributed by atoms with Gasteiger partial charge in [-0.25, -0.2) is 18.2 Å². The number of hydrogen-bond acceptors (Lipinski definition) is 10. The van der Waals surface area contributed by atoms with Crippen LogP contribution in [0, 0.1) is 17.7 Å². The largest absolute Gasteiger partial charge is 0.487 e. The van der Waals surface area contributed by atoms with E-state index in [4.69, 9.17) is 9.47 Å². The molecule has 1 aromatic heterocycles. The Morgan fingerprint density at radius 3 is 2.24 bits per heavy atom. The van der Waals surface area contributed by atoms with Gasteiger partial charge in [-0.05, 0) is 91.3 Å². The highest BCUT2D eigenvalue weighted by atomic mass is 32.2. The molecule has 0 aliphatic carbocycles. The summed E-state index contributed by atoms with van der Waals surface area (Å²) in [7, 11) is -2.67. The zero-order valence-corrected chi connectivity index (χ0v) is 34.9. The summed E-state index contributed by atoms with van der Waals surface area (Å²) in [5, 5.41) is 2.80. The van der Waals surface area contributed by atoms with E-state index in [0.29, 0.717) is 40.1 Å². The predicted molar refractivity (Wildman–Crippen MR) is 227 cm³/mol. The molecular formula is C44H46FN7O9S. The normalized spacial score (nSPS) is 19.9. The Morgan fingerprint density at radius 2 is 1.55 bits per heavy atom. The van der Waals surface area contributed by atoms with Crippen LogP contribution >= 0.6 is 0 Å². The molecule has 4 aliphatic heterocycles. The van der Waals surface area contributed by atoms with Crippen molar-refractivity contribution >= 4 is 67.0 Å². The number of anilines is 2. The Hall–Kier alpha value is -6.43. The van der Waals surface area contributed by atoms with Crippen LogP contribution in [0.3, 0.4) is 0 Å². The number of benzene rings is 4. The number of piperidine rings is 3. The third-order valence-corrected chi connectivity index (χ3v) is 14.1. The van der Waals surface area contributed by atoms with E-state index in [9.17, 15) is 32.4 Å². The lowest BCUT2D eigenvalue weighted by Gasteiger charge is -2.41. The summed E-state index contributed by atoms with van der Waals surface area (Å²) in [5.41, 5.74) is 2.48. The maximum Gasteiger partial charge on any atom is 0.329 e. The van der Waals surface area contributed by atoms with Gasteiger partial charge in [-0.1, -0.05) is 36.4 Å². The molecule has 0 bridgehead atoms. The van der Waals surface area contributed by atoms with Gasteiger partial charge in [0.2, 0.25) is 11.8 Å². The lowest BCUT2D eigenvalue weighted by Crippen LogP contribution is -2.44. The minimum atomic E-state index is -4.37. The molecule has 2 N–H and O–H groups in total. The zero-order chi connectivity index (χ0) is 43.3. The monoisotopic (exact) mass is 867 g/mol. The summed E-state index contributed by atoms with van der Waals surface area (Å²) in [5.74, 6) is -1.53. The molecule has 4 saturated heterocycles. The molecule has 0 radical (unpaired) electrons. The molecule has 4 aromatic carbocycles. The molecule has 5 aromatic rings. The second-order valence-electron chi connectivity index (χ2n) is 16.4. The van der Waals surface area contributed by atoms with Crippen molar-refractivity contribution in [3.8, 4) is 11.5 Å². The topological polar surface area (TPSA) is 182 Å². The Labute approximate surface area is 356 Å². The van der Waals surface area contributed by atoms with Crippen LogP contribution < -0.4 is 34.4 Å². The van der Waals surface area contributed by atoms with Gasteiger partial charge >= 0.3 is 15.9 Å². The summed E-state index contributed by atoms with van der Waals surface area (Å²) in [6.45, 7) is 2.06. The van der Waals surface area contributed by atoms with Gasteiger partial charge in [-0.3, -0.25) is 33.6 Å². The summed E-state index contributed by atoms with van der Waals surface area (Å²) >= 11 is 0. The number of halogens is 1. The summed E-state index contributed by atoms with van der Waals surface area (Å²) < 4.78 is 59.5. The molecule has 4 amide bonds. The molecule has 1 atom stereocenters. The average Bonchev–Trinajstić information content (AvgIpc) is 3.69. The van der Waals surface area contributed by atoms with E-state index in [1.807, 2.05) is 53.3 Å². The van der Waals surface area contributed by atoms with Crippen LogP contribution in [0.5, 0.6) is 11.5 Å². The first kappa shape index (κ1) is 40.9. The standard InChI is InChI=1S/C44H46FN7O9S/c1-48-36-22-31(8-10-34(36)52(44(48)57)35-11-12-38(53)46-43(35)56)49-17-13-28(14-18-49)29-15-19-50(20-16-29)40(55)26-60-32-9-7-30-21-37(61-25-27-5-3-2-4-6-27)42(41(45)33(30)23-32)51-24-39(54)47-62(51,58)59/h2-10,21-23,28-29,35H,11-20,24-26H2,1H3,(H,47,54)(H,46,53,56). The predicted octanol–water partition coefficient (Wildman–Crippen LogP) is 3.90. The lowest BCUT2D eigenvalue weighted by atomic mass is 9.78. The zero-order valence-electron chi connectivity index (χ0n) is 34.0. The van der Waals surface area contributed by atoms with Gasteiger partial charge in [0.15, 0.2) is 12.4 Å². The van der Waals surface area contributed by atoms with E-state index < -0.39 is 46.1 Å². The van der Waals surface area contributed by atoms with Crippen molar-refractivity contribution in [1.29, 1.82) is 0 Å². The molecule has 62 heavy (non-hydrogen) atoms. The van der Waals surface area contributed by atoms with E-state index >= 15 is 4.39 Å². The minimum absolute atomic E-state index is 0.0316. The van der Waals surface area contributed by atoms with Crippen LogP contribution in [-0.2, 0) is 43.0 Å². The highest BCUT2D eigenvalue weighted by Crippen LogP contribution is 2.41. The maximum absolute atomic E-state index is 16.4. The van der Waals surface area contributed by atoms with E-state index in [0.717, 1.165) is 55.5 Å². The summed E-state index contributed by atoms with van der Waals surface area (Å²) in [4.78, 5) is 67.2. The molecular weight excluding hydrogens is 822 g/mol. The summed E-state index contributed by atoms with van der Waals surface area (Å²) in [6.07, 6.45) is 4.19. The average molecular weight is 868 g/mol. The number of imide groups is 1. The molecule has 16 nitrogen and oxygen atoms in total. The number of carbonyl (C=O) groups excluding carboxylic acids is 4. The highest BCUT2D eigenvalue weighted by molar-refractivity contribution is 7.92. The fraction of sp³-hybridized carbons (Fsp3) is 0.386. The number of aromatic nitrogens is 2. The number of likely N-dealkylation sites (tertiary alicyclic amines) is 1. The Kier molecular flexibility index (Phi) is 10.9. The van der Waals surface area contributed by atoms with Crippen LogP contribution in [-0.4, -0.2) is 85.4 Å². The van der Waals surface area contributed by atoms with Crippen molar-refractivity contribution in [1.82, 2.24) is 24.1 Å². The van der Waals surface area contributed by atoms with Gasteiger partial charge in [0.25, 0.3) is 11.8 Å². The molecule has 18 heteroatoms. The highest BCUT2D eigenvalue weighted by Gasteiger charge is 2.39. The van der Waals surface area contributed by atoms with Gasteiger partial charge in [0.05, 0.1) is 11.0 Å². The number of rotatable bonds is 10. The molecule has 5 heterocycles. The number of amides is 4. The smallest absolute Gasteiger partial charge is 0.329 e. The van der Waals surface area contributed by atoms with E-state index in [-0.39, 0.29) is 60.4 Å². The first-order valence-electron chi connectivity index (χ1n) is 20.8. The Bertz CT molecular complexity index is 2780. The molecule has 9 rings (SSSR count). The van der Waals surface area contributed by atoms with Gasteiger partial charge in [-0.15, -0.1) is 0 Å². The third kappa shape index (κ3) is 7.82. The van der Waals surface area contributed by atoms with Crippen LogP contribution in [0.15, 0.2) is 77.6 Å². The number of fused-ring (bicyclic) bond motifs is 2. The number of aryl methyl sites for hydroxylation is 1. The number of ether oxygens (including phenoxy) is 2. The fourth-order valence-corrected chi connectivity index (χ4v) is 10.5. The van der Waals surface area contributed by atoms with Crippen molar-refractivity contribution in [3.63, 3.8) is 0 Å². The van der Waals surface area contributed by atoms with E-state index in [1.54, 1.807) is 28.6 Å².